The van der Waals surface area contributed by atoms with Gasteiger partial charge in [-0.25, -0.2) is 0 Å². The van der Waals surface area contributed by atoms with Gasteiger partial charge >= 0.3 is 48.6 Å². The minimum atomic E-state index is -8.55. The van der Waals surface area contributed by atoms with Gasteiger partial charge in [0.2, 0.25) is 0 Å². The summed E-state index contributed by atoms with van der Waals surface area (Å²) in [7, 11) is -1.88. The van der Waals surface area contributed by atoms with Gasteiger partial charge in [-0.2, -0.15) is 0 Å². The van der Waals surface area contributed by atoms with Crippen LogP contribution in [0.2, 0.25) is 0 Å². The zero-order valence-electron chi connectivity index (χ0n) is 17.1. The molecule has 0 atom stereocenters. The fraction of sp³-hybridized carbons (Fsp3) is 0.533. The molecule has 0 bridgehead atoms. The molecule has 12 heteroatoms. The molecule has 0 saturated heterocycles. The van der Waals surface area contributed by atoms with Gasteiger partial charge in [0.05, 0.1) is 0 Å². The summed E-state index contributed by atoms with van der Waals surface area (Å²) in [6.45, 7) is 0. The van der Waals surface area contributed by atoms with Crippen LogP contribution in [0.25, 0.3) is 11.7 Å². The Bertz CT molecular complexity index is 258. The molecule has 2 N–H and O–H groups in total. The summed E-state index contributed by atoms with van der Waals surface area (Å²) >= 11 is 0. The van der Waals surface area contributed by atoms with Crippen LogP contribution in [0.4, 0.5) is 21.0 Å². The van der Waals surface area contributed by atoms with Crippen LogP contribution in [0.5, 0.6) is 0 Å². The molecule has 0 aromatic carbocycles. The van der Waals surface area contributed by atoms with E-state index in [1.807, 2.05) is 0 Å². The van der Waals surface area contributed by atoms with E-state index in [1.165, 1.54) is 35.7 Å². The summed E-state index contributed by atoms with van der Waals surface area (Å²) < 4.78 is 49.2. The first-order valence-electron chi connectivity index (χ1n) is 6.38. The summed E-state index contributed by atoms with van der Waals surface area (Å²) in [6.07, 6.45) is 14.0. The van der Waals surface area contributed by atoms with Gasteiger partial charge in [-0.05, 0) is 53.9 Å². The molecule has 0 unspecified atom stereocenters. The SMILES string of the molecule is C1=CCC/C=C\CC1.CN(C)[NH-].CN(C)[NH-].FP(F)(F)(F)F.[CH3-].[CH3-].[CH3-].[F-].[RuH]. The summed E-state index contributed by atoms with van der Waals surface area (Å²) in [5, 5.41) is 2.50. The van der Waals surface area contributed by atoms with Crippen molar-refractivity contribution >= 4 is 8.16 Å². The summed E-state index contributed by atoms with van der Waals surface area (Å²) in [5.74, 6) is 12.8. The molecule has 1 aliphatic rings. The first-order valence-corrected chi connectivity index (χ1v) is 8.07. The Hall–Kier alpha value is -0.0466. The predicted molar refractivity (Wildman–Crippen MR) is 106 cm³/mol. The van der Waals surface area contributed by atoms with Crippen LogP contribution >= 0.6 is 8.16 Å². The molecular weight excluding hydrogens is 482 g/mol. The maximum atomic E-state index is 9.84. The number of hydrogen-bond donors (Lipinski definition) is 0. The standard InChI is InChI=1S/C8H12.2C2H7N2.3CH3.F5P.FH.Ru.H/c1-2-4-6-8-7-5-3-1;2*1-4(2)3;;;;1-6(2,3,4)5;;;/h1-2,7-8H,3-6H2;2*3H,1-2H3;3*1H3;;1H;;/q;5*-1;;;;/p-1/b2-1-,8-7?;;;;;;;;;. The molecule has 0 heterocycles. The monoisotopic (exact) mass is 519 g/mol. The van der Waals surface area contributed by atoms with Crippen molar-refractivity contribution in [2.24, 2.45) is 0 Å². The Labute approximate surface area is 175 Å². The van der Waals surface area contributed by atoms with Crippen molar-refractivity contribution < 1.29 is 45.2 Å². The van der Waals surface area contributed by atoms with Gasteiger partial charge in [0.25, 0.3) is 0 Å². The minimum absolute atomic E-state index is 0. The molecule has 0 aliphatic heterocycles. The van der Waals surface area contributed by atoms with Crippen LogP contribution in [0, 0.1) is 22.3 Å². The van der Waals surface area contributed by atoms with Crippen molar-refractivity contribution in [1.29, 1.82) is 0 Å². The van der Waals surface area contributed by atoms with E-state index in [1.54, 1.807) is 28.2 Å². The molecule has 1 aliphatic carbocycles. The van der Waals surface area contributed by atoms with Crippen LogP contribution in [0.3, 0.4) is 0 Å². The zero-order valence-corrected chi connectivity index (χ0v) is 19.9. The molecule has 27 heavy (non-hydrogen) atoms. The van der Waals surface area contributed by atoms with Crippen molar-refractivity contribution in [3.05, 3.63) is 58.3 Å². The first-order chi connectivity index (χ1) is 9.70. The predicted octanol–water partition coefficient (Wildman–Crippen LogP) is 4.75. The normalized spacial score (nSPS) is 14.0. The number of allylic oxidation sites excluding steroid dienone is 4. The fourth-order valence-electron chi connectivity index (χ4n) is 0.856. The molecule has 0 fully saturated rings. The van der Waals surface area contributed by atoms with Crippen LogP contribution in [-0.2, 0) is 19.5 Å². The van der Waals surface area contributed by atoms with Crippen LogP contribution in [0.1, 0.15) is 25.7 Å². The van der Waals surface area contributed by atoms with Crippen LogP contribution in [0.15, 0.2) is 24.3 Å². The van der Waals surface area contributed by atoms with Gasteiger partial charge < -0.3 is 48.7 Å². The summed E-state index contributed by atoms with van der Waals surface area (Å²) in [5.41, 5.74) is 0. The van der Waals surface area contributed by atoms with E-state index in [2.05, 4.69) is 24.3 Å². The Kier molecular flexibility index (Phi) is 52.7. The number of hydrogen-bond acceptors (Lipinski definition) is 2. The average molecular weight is 519 g/mol. The maximum absolute atomic E-state index is 9.84. The van der Waals surface area contributed by atoms with Gasteiger partial charge in [0.15, 0.2) is 0 Å². The summed E-state index contributed by atoms with van der Waals surface area (Å²) in [6, 6.07) is 0. The second-order valence-electron chi connectivity index (χ2n) is 4.53. The van der Waals surface area contributed by atoms with Gasteiger partial charge in [0.1, 0.15) is 0 Å². The number of nitrogens with one attached hydrogen (secondary N) is 2. The average Bonchev–Trinajstić information content (AvgIpc) is 2.08. The summed E-state index contributed by atoms with van der Waals surface area (Å²) in [4.78, 5) is 0. The molecule has 0 saturated carbocycles. The Morgan fingerprint density at radius 3 is 0.778 bits per heavy atom. The van der Waals surface area contributed by atoms with E-state index in [4.69, 9.17) is 11.7 Å². The quantitative estimate of drug-likeness (QED) is 0.116. The van der Waals surface area contributed by atoms with Crippen LogP contribution < -0.4 is 4.70 Å². The molecular formula is C15H36F6N4PRu-6. The third-order valence-electron chi connectivity index (χ3n) is 1.33. The van der Waals surface area contributed by atoms with Gasteiger partial charge in [0, 0.05) is 0 Å². The van der Waals surface area contributed by atoms with Crippen LogP contribution in [-0.4, -0.2) is 38.2 Å². The molecule has 4 nitrogen and oxygen atoms in total. The zero-order chi connectivity index (χ0) is 18.3. The Morgan fingerprint density at radius 2 is 0.704 bits per heavy atom. The third-order valence-corrected chi connectivity index (χ3v) is 1.33. The van der Waals surface area contributed by atoms with E-state index >= 15 is 0 Å². The number of rotatable bonds is 0. The van der Waals surface area contributed by atoms with Gasteiger partial charge in [-0.1, -0.05) is 24.3 Å². The van der Waals surface area contributed by atoms with Crippen molar-refractivity contribution in [3.63, 3.8) is 0 Å². The molecule has 0 radical (unpaired) electrons. The van der Waals surface area contributed by atoms with E-state index < -0.39 is 8.16 Å². The third kappa shape index (κ3) is 235. The van der Waals surface area contributed by atoms with Gasteiger partial charge in [-0.3, -0.25) is 0 Å². The number of nitrogens with zero attached hydrogens (tertiary/aromatic N) is 2. The molecule has 0 aromatic heterocycles. The Morgan fingerprint density at radius 1 is 0.630 bits per heavy atom. The molecule has 0 spiro atoms. The molecule has 1 rings (SSSR count). The Balaban J connectivity index is -0.0000000291. The van der Waals surface area contributed by atoms with Crippen molar-refractivity contribution in [1.82, 2.24) is 10.0 Å². The molecule has 177 valence electrons. The fourth-order valence-corrected chi connectivity index (χ4v) is 0.856. The van der Waals surface area contributed by atoms with Crippen molar-refractivity contribution in [3.8, 4) is 0 Å². The second kappa shape index (κ2) is 28.2. The van der Waals surface area contributed by atoms with E-state index in [0.717, 1.165) is 0 Å². The van der Waals surface area contributed by atoms with Crippen molar-refractivity contribution in [2.45, 2.75) is 25.7 Å². The van der Waals surface area contributed by atoms with Gasteiger partial charge in [-0.15, -0.1) is 0 Å². The van der Waals surface area contributed by atoms with E-state index in [-0.39, 0.29) is 46.5 Å². The van der Waals surface area contributed by atoms with E-state index in [9.17, 15) is 21.0 Å². The topological polar surface area (TPSA) is 54.1 Å². The first kappa shape index (κ1) is 50.5. The molecule has 0 amide bonds. The second-order valence-corrected chi connectivity index (χ2v) is 5.80. The van der Waals surface area contributed by atoms with Crippen molar-refractivity contribution in [2.75, 3.05) is 28.2 Å². The number of halogens is 6. The van der Waals surface area contributed by atoms with E-state index in [0.29, 0.717) is 0 Å². The molecule has 0 aromatic rings.